The highest BCUT2D eigenvalue weighted by atomic mass is 35.5. The molecule has 1 saturated heterocycles. The molecule has 1 aliphatic rings. The standard InChI is InChI=1S/C25H28ClN3O4S2/c1-16(2)29(15-21-5-4-12-34-21)24(30)17(3)28-11-10-23(25(28)31)27-35(32,33)22-9-7-18-13-20(26)8-6-19(18)14-22/h4-9,12-14,16-17,23,27H,10-11,15H2,1-3H3. The number of fused-ring (bicyclic) bond motifs is 1. The second-order valence-electron chi connectivity index (χ2n) is 8.96. The Kier molecular flexibility index (Phi) is 7.51. The van der Waals surface area contributed by atoms with Gasteiger partial charge in [0.1, 0.15) is 12.1 Å². The molecule has 1 N–H and O–H groups in total. The van der Waals surface area contributed by atoms with Crippen molar-refractivity contribution in [1.29, 1.82) is 0 Å². The number of carbonyl (C=O) groups excluding carboxylic acids is 2. The lowest BCUT2D eigenvalue weighted by molar-refractivity contribution is -0.144. The molecule has 0 aliphatic carbocycles. The van der Waals surface area contributed by atoms with Gasteiger partial charge in [0, 0.05) is 22.5 Å². The molecule has 1 fully saturated rings. The summed E-state index contributed by atoms with van der Waals surface area (Å²) in [6, 6.07) is 12.2. The fraction of sp³-hybridized carbons (Fsp3) is 0.360. The van der Waals surface area contributed by atoms with E-state index < -0.39 is 22.1 Å². The summed E-state index contributed by atoms with van der Waals surface area (Å²) in [5.41, 5.74) is 0. The minimum absolute atomic E-state index is 0.0400. The van der Waals surface area contributed by atoms with Crippen molar-refractivity contribution in [1.82, 2.24) is 14.5 Å². The highest BCUT2D eigenvalue weighted by molar-refractivity contribution is 7.89. The van der Waals surface area contributed by atoms with Crippen LogP contribution >= 0.6 is 22.9 Å². The van der Waals surface area contributed by atoms with E-state index in [4.69, 9.17) is 11.6 Å². The molecule has 3 aromatic rings. The number of amides is 2. The van der Waals surface area contributed by atoms with Gasteiger partial charge in [0.25, 0.3) is 0 Å². The van der Waals surface area contributed by atoms with Gasteiger partial charge in [0.05, 0.1) is 11.4 Å². The molecule has 0 saturated carbocycles. The Morgan fingerprint density at radius 2 is 1.89 bits per heavy atom. The Bertz CT molecular complexity index is 1340. The minimum atomic E-state index is -3.94. The van der Waals surface area contributed by atoms with Crippen LogP contribution in [0.1, 0.15) is 32.1 Å². The van der Waals surface area contributed by atoms with Crippen molar-refractivity contribution < 1.29 is 18.0 Å². The molecular formula is C25H28ClN3O4S2. The average molecular weight is 534 g/mol. The van der Waals surface area contributed by atoms with Gasteiger partial charge >= 0.3 is 0 Å². The summed E-state index contributed by atoms with van der Waals surface area (Å²) in [5.74, 6) is -0.541. The number of benzene rings is 2. The lowest BCUT2D eigenvalue weighted by Crippen LogP contribution is -2.51. The van der Waals surface area contributed by atoms with Crippen molar-refractivity contribution in [2.24, 2.45) is 0 Å². The first kappa shape index (κ1) is 25.6. The second kappa shape index (κ2) is 10.3. The molecule has 2 atom stereocenters. The van der Waals surface area contributed by atoms with Gasteiger partial charge in [-0.05, 0) is 73.7 Å². The topological polar surface area (TPSA) is 86.8 Å². The Labute approximate surface area is 214 Å². The van der Waals surface area contributed by atoms with Crippen LogP contribution in [0.2, 0.25) is 5.02 Å². The number of hydrogen-bond acceptors (Lipinski definition) is 5. The zero-order chi connectivity index (χ0) is 25.3. The van der Waals surface area contributed by atoms with E-state index in [9.17, 15) is 18.0 Å². The number of rotatable bonds is 8. The summed E-state index contributed by atoms with van der Waals surface area (Å²) in [7, 11) is -3.94. The van der Waals surface area contributed by atoms with Gasteiger partial charge in [-0.1, -0.05) is 29.8 Å². The molecule has 2 amide bonds. The number of nitrogens with one attached hydrogen (secondary N) is 1. The zero-order valence-corrected chi connectivity index (χ0v) is 22.2. The average Bonchev–Trinajstić information content (AvgIpc) is 3.45. The Hall–Kier alpha value is -2.46. The van der Waals surface area contributed by atoms with E-state index in [-0.39, 0.29) is 22.8 Å². The highest BCUT2D eigenvalue weighted by Crippen LogP contribution is 2.25. The summed E-state index contributed by atoms with van der Waals surface area (Å²) in [6.45, 7) is 6.37. The van der Waals surface area contributed by atoms with E-state index in [1.807, 2.05) is 31.4 Å². The van der Waals surface area contributed by atoms with Gasteiger partial charge in [-0.15, -0.1) is 11.3 Å². The number of hydrogen-bond donors (Lipinski definition) is 1. The van der Waals surface area contributed by atoms with E-state index in [0.29, 0.717) is 24.5 Å². The van der Waals surface area contributed by atoms with Crippen molar-refractivity contribution >= 4 is 55.5 Å². The number of thiophene rings is 1. The highest BCUT2D eigenvalue weighted by Gasteiger charge is 2.40. The first-order valence-electron chi connectivity index (χ1n) is 11.4. The van der Waals surface area contributed by atoms with Crippen LogP contribution in [-0.4, -0.2) is 54.7 Å². The van der Waals surface area contributed by atoms with Crippen molar-refractivity contribution in [2.75, 3.05) is 6.54 Å². The summed E-state index contributed by atoms with van der Waals surface area (Å²) >= 11 is 7.59. The molecule has 2 unspecified atom stereocenters. The molecule has 0 bridgehead atoms. The fourth-order valence-electron chi connectivity index (χ4n) is 4.27. The van der Waals surface area contributed by atoms with E-state index >= 15 is 0 Å². The number of likely N-dealkylation sites (tertiary alicyclic amines) is 1. The van der Waals surface area contributed by atoms with Crippen LogP contribution in [0.5, 0.6) is 0 Å². The van der Waals surface area contributed by atoms with Crippen LogP contribution in [0.3, 0.4) is 0 Å². The predicted molar refractivity (Wildman–Crippen MR) is 139 cm³/mol. The second-order valence-corrected chi connectivity index (χ2v) is 12.1. The molecule has 2 aromatic carbocycles. The molecular weight excluding hydrogens is 506 g/mol. The van der Waals surface area contributed by atoms with E-state index in [0.717, 1.165) is 15.6 Å². The number of nitrogens with zero attached hydrogens (tertiary/aromatic N) is 2. The van der Waals surface area contributed by atoms with Crippen LogP contribution < -0.4 is 4.72 Å². The van der Waals surface area contributed by atoms with Crippen molar-refractivity contribution in [3.05, 3.63) is 63.8 Å². The van der Waals surface area contributed by atoms with E-state index in [2.05, 4.69) is 4.72 Å². The molecule has 4 rings (SSSR count). The Balaban J connectivity index is 1.46. The van der Waals surface area contributed by atoms with Crippen LogP contribution in [0.15, 0.2) is 58.8 Å². The summed E-state index contributed by atoms with van der Waals surface area (Å²) in [5, 5.41) is 4.09. The van der Waals surface area contributed by atoms with Gasteiger partial charge in [-0.25, -0.2) is 8.42 Å². The molecule has 1 aliphatic heterocycles. The normalized spacial score (nSPS) is 17.3. The largest absolute Gasteiger partial charge is 0.333 e. The van der Waals surface area contributed by atoms with Crippen LogP contribution in [0.4, 0.5) is 0 Å². The SMILES string of the molecule is CC(C)N(Cc1cccs1)C(=O)C(C)N1CCC(NS(=O)(=O)c2ccc3cc(Cl)ccc3c2)C1=O. The predicted octanol–water partition coefficient (Wildman–Crippen LogP) is 4.26. The van der Waals surface area contributed by atoms with E-state index in [1.54, 1.807) is 53.5 Å². The molecule has 0 spiro atoms. The van der Waals surface area contributed by atoms with E-state index in [1.165, 1.54) is 11.0 Å². The maximum atomic E-state index is 13.3. The first-order chi connectivity index (χ1) is 16.6. The smallest absolute Gasteiger partial charge is 0.245 e. The number of sulfonamides is 1. The third-order valence-corrected chi connectivity index (χ3v) is 8.82. The number of halogens is 1. The monoisotopic (exact) mass is 533 g/mol. The third kappa shape index (κ3) is 5.53. The molecule has 2 heterocycles. The van der Waals surface area contributed by atoms with Crippen molar-refractivity contribution in [2.45, 2.75) is 56.8 Å². The van der Waals surface area contributed by atoms with Gasteiger partial charge < -0.3 is 9.80 Å². The van der Waals surface area contributed by atoms with Gasteiger partial charge in [0.15, 0.2) is 0 Å². The molecule has 1 aromatic heterocycles. The molecule has 186 valence electrons. The first-order valence-corrected chi connectivity index (χ1v) is 14.2. The summed E-state index contributed by atoms with van der Waals surface area (Å²) < 4.78 is 28.6. The minimum Gasteiger partial charge on any atom is -0.333 e. The van der Waals surface area contributed by atoms with Gasteiger partial charge in [0.2, 0.25) is 21.8 Å². The maximum absolute atomic E-state index is 13.3. The third-order valence-electron chi connectivity index (χ3n) is 6.26. The van der Waals surface area contributed by atoms with Gasteiger partial charge in [-0.2, -0.15) is 4.72 Å². The summed E-state index contributed by atoms with van der Waals surface area (Å²) in [4.78, 5) is 30.8. The summed E-state index contributed by atoms with van der Waals surface area (Å²) in [6.07, 6.45) is 0.297. The quantitative estimate of drug-likeness (QED) is 0.469. The maximum Gasteiger partial charge on any atom is 0.245 e. The van der Waals surface area contributed by atoms with Gasteiger partial charge in [-0.3, -0.25) is 9.59 Å². The molecule has 10 heteroatoms. The zero-order valence-electron chi connectivity index (χ0n) is 19.8. The Morgan fingerprint density at radius 1 is 1.17 bits per heavy atom. The lowest BCUT2D eigenvalue weighted by atomic mass is 10.1. The Morgan fingerprint density at radius 3 is 2.57 bits per heavy atom. The molecule has 0 radical (unpaired) electrons. The number of carbonyl (C=O) groups is 2. The van der Waals surface area contributed by atoms with Crippen molar-refractivity contribution in [3.63, 3.8) is 0 Å². The van der Waals surface area contributed by atoms with Crippen LogP contribution in [0, 0.1) is 0 Å². The fourth-order valence-corrected chi connectivity index (χ4v) is 6.41. The molecule has 7 nitrogen and oxygen atoms in total. The lowest BCUT2D eigenvalue weighted by Gasteiger charge is -2.33. The van der Waals surface area contributed by atoms with Crippen LogP contribution in [0.25, 0.3) is 10.8 Å². The van der Waals surface area contributed by atoms with Crippen LogP contribution in [-0.2, 0) is 26.2 Å². The molecule has 35 heavy (non-hydrogen) atoms. The van der Waals surface area contributed by atoms with Crippen molar-refractivity contribution in [3.8, 4) is 0 Å².